The van der Waals surface area contributed by atoms with Crippen molar-refractivity contribution in [1.29, 1.82) is 0 Å². The largest absolute Gasteiger partial charge is 0.311 e. The van der Waals surface area contributed by atoms with Crippen molar-refractivity contribution in [2.75, 3.05) is 20.1 Å². The summed E-state index contributed by atoms with van der Waals surface area (Å²) in [6.07, 6.45) is 0. The maximum Gasteiger partial charge on any atom is 0.0206 e. The number of rotatable bonds is 6. The molecule has 0 aliphatic carbocycles. The van der Waals surface area contributed by atoms with E-state index in [-0.39, 0.29) is 0 Å². The van der Waals surface area contributed by atoms with Crippen LogP contribution in [0.25, 0.3) is 0 Å². The fourth-order valence-corrected chi connectivity index (χ4v) is 1.92. The van der Waals surface area contributed by atoms with E-state index in [9.17, 15) is 0 Å². The number of hydrogen-bond acceptors (Lipinski definition) is 2. The maximum atomic E-state index is 3.50. The van der Waals surface area contributed by atoms with E-state index in [2.05, 4.69) is 63.2 Å². The van der Waals surface area contributed by atoms with Crippen molar-refractivity contribution in [1.82, 2.24) is 10.2 Å². The minimum absolute atomic E-state index is 0.623. The first kappa shape index (κ1) is 14.2. The molecule has 1 aromatic carbocycles. The summed E-state index contributed by atoms with van der Waals surface area (Å²) in [7, 11) is 2.17. The molecule has 17 heavy (non-hydrogen) atoms. The van der Waals surface area contributed by atoms with Crippen LogP contribution in [-0.4, -0.2) is 31.1 Å². The third kappa shape index (κ3) is 5.33. The van der Waals surface area contributed by atoms with Crippen molar-refractivity contribution in [3.8, 4) is 0 Å². The molecule has 1 aromatic rings. The Labute approximate surface area is 106 Å². The van der Waals surface area contributed by atoms with Crippen molar-refractivity contribution in [2.24, 2.45) is 0 Å². The Morgan fingerprint density at radius 3 is 2.24 bits per heavy atom. The Morgan fingerprint density at radius 1 is 1.12 bits per heavy atom. The summed E-state index contributed by atoms with van der Waals surface area (Å²) < 4.78 is 0. The predicted molar refractivity (Wildman–Crippen MR) is 75.4 cm³/mol. The molecule has 2 nitrogen and oxygen atoms in total. The number of nitrogens with zero attached hydrogens (tertiary/aromatic N) is 1. The summed E-state index contributed by atoms with van der Waals surface area (Å²) in [6.45, 7) is 11.9. The highest BCUT2D eigenvalue weighted by atomic mass is 15.1. The maximum absolute atomic E-state index is 3.50. The molecule has 0 heterocycles. The normalized spacial score (nSPS) is 11.5. The van der Waals surface area contributed by atoms with Crippen LogP contribution in [0, 0.1) is 13.8 Å². The van der Waals surface area contributed by atoms with E-state index in [4.69, 9.17) is 0 Å². The second-order valence-corrected chi connectivity index (χ2v) is 5.25. The smallest absolute Gasteiger partial charge is 0.0206 e. The lowest BCUT2D eigenvalue weighted by Crippen LogP contribution is -2.33. The molecule has 2 heteroatoms. The van der Waals surface area contributed by atoms with Crippen LogP contribution >= 0.6 is 0 Å². The van der Waals surface area contributed by atoms with Crippen LogP contribution in [0.4, 0.5) is 0 Å². The number of hydrogen-bond donors (Lipinski definition) is 1. The van der Waals surface area contributed by atoms with Crippen LogP contribution < -0.4 is 5.32 Å². The molecule has 0 unspecified atom stereocenters. The summed E-state index contributed by atoms with van der Waals surface area (Å²) in [4.78, 5) is 2.36. The summed E-state index contributed by atoms with van der Waals surface area (Å²) in [5, 5.41) is 3.50. The van der Waals surface area contributed by atoms with E-state index >= 15 is 0 Å². The van der Waals surface area contributed by atoms with E-state index in [1.807, 2.05) is 0 Å². The lowest BCUT2D eigenvalue weighted by molar-refractivity contribution is 0.273. The molecule has 1 N–H and O–H groups in total. The zero-order valence-electron chi connectivity index (χ0n) is 11.9. The van der Waals surface area contributed by atoms with Gasteiger partial charge in [-0.1, -0.05) is 29.3 Å². The fraction of sp³-hybridized carbons (Fsp3) is 0.600. The van der Waals surface area contributed by atoms with Gasteiger partial charge >= 0.3 is 0 Å². The zero-order chi connectivity index (χ0) is 12.8. The van der Waals surface area contributed by atoms with Gasteiger partial charge < -0.3 is 10.2 Å². The average molecular weight is 234 g/mol. The molecule has 0 amide bonds. The topological polar surface area (TPSA) is 15.3 Å². The van der Waals surface area contributed by atoms with Gasteiger partial charge in [-0.05, 0) is 40.3 Å². The summed E-state index contributed by atoms with van der Waals surface area (Å²) >= 11 is 0. The lowest BCUT2D eigenvalue weighted by Gasteiger charge is -2.21. The van der Waals surface area contributed by atoms with E-state index < -0.39 is 0 Å². The summed E-state index contributed by atoms with van der Waals surface area (Å²) in [6, 6.07) is 7.35. The Bertz CT molecular complexity index is 325. The number of aryl methyl sites for hydroxylation is 2. The first-order chi connectivity index (χ1) is 7.99. The molecule has 0 spiro atoms. The van der Waals surface area contributed by atoms with Crippen molar-refractivity contribution in [3.05, 3.63) is 34.9 Å². The minimum atomic E-state index is 0.623. The molecule has 0 aliphatic heterocycles. The Hall–Kier alpha value is -0.860. The molecule has 0 aliphatic rings. The van der Waals surface area contributed by atoms with Crippen molar-refractivity contribution >= 4 is 0 Å². The van der Waals surface area contributed by atoms with Gasteiger partial charge in [0, 0.05) is 25.7 Å². The molecule has 96 valence electrons. The molecular weight excluding hydrogens is 208 g/mol. The van der Waals surface area contributed by atoms with Crippen molar-refractivity contribution in [2.45, 2.75) is 40.3 Å². The highest BCUT2D eigenvalue weighted by molar-refractivity contribution is 5.28. The predicted octanol–water partition coefficient (Wildman–Crippen LogP) is 2.73. The first-order valence-electron chi connectivity index (χ1n) is 6.47. The third-order valence-corrected chi connectivity index (χ3v) is 3.13. The minimum Gasteiger partial charge on any atom is -0.311 e. The molecule has 0 radical (unpaired) electrons. The summed E-state index contributed by atoms with van der Waals surface area (Å²) in [5.41, 5.74) is 4.08. The Morgan fingerprint density at radius 2 is 1.71 bits per heavy atom. The van der Waals surface area contributed by atoms with Gasteiger partial charge in [-0.25, -0.2) is 0 Å². The van der Waals surface area contributed by atoms with Gasteiger partial charge in [0.2, 0.25) is 0 Å². The highest BCUT2D eigenvalue weighted by Crippen LogP contribution is 2.08. The number of likely N-dealkylation sites (N-methyl/N-ethyl adjacent to an activating group) is 1. The number of nitrogens with one attached hydrogen (secondary N) is 1. The molecule has 0 saturated carbocycles. The number of benzene rings is 1. The second kappa shape index (κ2) is 6.77. The second-order valence-electron chi connectivity index (χ2n) is 5.25. The summed E-state index contributed by atoms with van der Waals surface area (Å²) in [5.74, 6) is 0. The molecule has 0 fully saturated rings. The van der Waals surface area contributed by atoms with E-state index in [1.54, 1.807) is 0 Å². The van der Waals surface area contributed by atoms with Crippen molar-refractivity contribution in [3.63, 3.8) is 0 Å². The molecular formula is C15H26N2. The monoisotopic (exact) mass is 234 g/mol. The molecule has 0 aromatic heterocycles. The Kier molecular flexibility index (Phi) is 5.66. The van der Waals surface area contributed by atoms with Crippen molar-refractivity contribution < 1.29 is 0 Å². The van der Waals surface area contributed by atoms with E-state index in [0.29, 0.717) is 6.04 Å². The average Bonchev–Trinajstić information content (AvgIpc) is 2.22. The molecule has 0 saturated heterocycles. The van der Waals surface area contributed by atoms with Crippen LogP contribution in [0.15, 0.2) is 18.2 Å². The van der Waals surface area contributed by atoms with Gasteiger partial charge in [0.15, 0.2) is 0 Å². The molecule has 1 rings (SSSR count). The van der Waals surface area contributed by atoms with Gasteiger partial charge in [-0.3, -0.25) is 0 Å². The van der Waals surface area contributed by atoms with Gasteiger partial charge in [0.1, 0.15) is 0 Å². The van der Waals surface area contributed by atoms with Crippen LogP contribution in [0.3, 0.4) is 0 Å². The molecule has 0 bridgehead atoms. The van der Waals surface area contributed by atoms with E-state index in [1.165, 1.54) is 16.7 Å². The van der Waals surface area contributed by atoms with Crippen LogP contribution in [-0.2, 0) is 6.54 Å². The van der Waals surface area contributed by atoms with Gasteiger partial charge in [0.25, 0.3) is 0 Å². The molecule has 0 atom stereocenters. The first-order valence-corrected chi connectivity index (χ1v) is 6.47. The third-order valence-electron chi connectivity index (χ3n) is 3.13. The highest BCUT2D eigenvalue weighted by Gasteiger charge is 2.01. The lowest BCUT2D eigenvalue weighted by atomic mass is 10.1. The van der Waals surface area contributed by atoms with Crippen LogP contribution in [0.2, 0.25) is 0 Å². The van der Waals surface area contributed by atoms with Crippen LogP contribution in [0.5, 0.6) is 0 Å². The fourth-order valence-electron chi connectivity index (χ4n) is 1.92. The van der Waals surface area contributed by atoms with Gasteiger partial charge in [-0.2, -0.15) is 0 Å². The zero-order valence-corrected chi connectivity index (χ0v) is 11.9. The van der Waals surface area contributed by atoms with E-state index in [0.717, 1.165) is 19.6 Å². The van der Waals surface area contributed by atoms with Crippen LogP contribution in [0.1, 0.15) is 30.5 Å². The van der Waals surface area contributed by atoms with Gasteiger partial charge in [-0.15, -0.1) is 0 Å². The van der Waals surface area contributed by atoms with Gasteiger partial charge in [0.05, 0.1) is 0 Å². The Balaban J connectivity index is 2.31. The quantitative estimate of drug-likeness (QED) is 0.761. The SMILES string of the molecule is Cc1cc(C)cc(CNCCN(C)C(C)C)c1. The standard InChI is InChI=1S/C15H26N2/c1-12(2)17(5)7-6-16-11-15-9-13(3)8-14(4)10-15/h8-10,12,16H,6-7,11H2,1-5H3.